The molecule has 116 valence electrons. The predicted octanol–water partition coefficient (Wildman–Crippen LogP) is 3.41. The number of rotatable bonds is 5. The molecule has 0 heterocycles. The van der Waals surface area contributed by atoms with E-state index in [9.17, 15) is 9.59 Å². The van der Waals surface area contributed by atoms with Gasteiger partial charge in [0.2, 0.25) is 0 Å². The van der Waals surface area contributed by atoms with Gasteiger partial charge < -0.3 is 14.8 Å². The van der Waals surface area contributed by atoms with E-state index in [0.717, 1.165) is 0 Å². The summed E-state index contributed by atoms with van der Waals surface area (Å²) >= 11 is 5.73. The van der Waals surface area contributed by atoms with Gasteiger partial charge >= 0.3 is 12.1 Å². The summed E-state index contributed by atoms with van der Waals surface area (Å²) in [6, 6.07) is 6.46. The first-order valence-electron chi connectivity index (χ1n) is 6.67. The average Bonchev–Trinajstić information content (AvgIpc) is 2.36. The number of nitrogens with one attached hydrogen (secondary N) is 1. The minimum atomic E-state index is -0.523. The Morgan fingerprint density at radius 3 is 2.38 bits per heavy atom. The molecule has 0 aliphatic carbocycles. The second-order valence-corrected chi connectivity index (χ2v) is 5.86. The first-order chi connectivity index (χ1) is 9.78. The Morgan fingerprint density at radius 2 is 1.81 bits per heavy atom. The Morgan fingerprint density at radius 1 is 1.19 bits per heavy atom. The molecule has 21 heavy (non-hydrogen) atoms. The summed E-state index contributed by atoms with van der Waals surface area (Å²) in [6.45, 7) is 5.97. The molecule has 1 aromatic carbocycles. The van der Waals surface area contributed by atoms with Crippen molar-refractivity contribution in [2.24, 2.45) is 0 Å². The van der Waals surface area contributed by atoms with Crippen molar-refractivity contribution in [1.29, 1.82) is 0 Å². The Balaban J connectivity index is 2.18. The number of benzene rings is 1. The number of esters is 1. The van der Waals surface area contributed by atoms with E-state index in [-0.39, 0.29) is 6.61 Å². The third-order valence-corrected chi connectivity index (χ3v) is 2.55. The molecule has 0 bridgehead atoms. The Bertz CT molecular complexity index is 479. The maximum absolute atomic E-state index is 11.7. The molecule has 0 atom stereocenters. The van der Waals surface area contributed by atoms with Gasteiger partial charge in [-0.25, -0.2) is 9.59 Å². The van der Waals surface area contributed by atoms with Crippen LogP contribution >= 0.6 is 11.6 Å². The first-order valence-corrected chi connectivity index (χ1v) is 7.05. The van der Waals surface area contributed by atoms with E-state index in [1.807, 2.05) is 0 Å². The molecule has 0 fully saturated rings. The SMILES string of the molecule is CC(C)(C)OC(=O)NCCCOC(=O)c1ccc(Cl)cc1. The molecule has 0 aliphatic rings. The van der Waals surface area contributed by atoms with E-state index in [2.05, 4.69) is 5.32 Å². The molecule has 1 amide bonds. The van der Waals surface area contributed by atoms with Crippen LogP contribution in [0.2, 0.25) is 5.02 Å². The van der Waals surface area contributed by atoms with E-state index < -0.39 is 17.7 Å². The lowest BCUT2D eigenvalue weighted by Crippen LogP contribution is -2.33. The van der Waals surface area contributed by atoms with E-state index >= 15 is 0 Å². The molecule has 0 aliphatic heterocycles. The smallest absolute Gasteiger partial charge is 0.407 e. The molecule has 0 saturated heterocycles. The summed E-state index contributed by atoms with van der Waals surface area (Å²) in [4.78, 5) is 23.0. The van der Waals surface area contributed by atoms with Gasteiger partial charge in [0.15, 0.2) is 0 Å². The minimum Gasteiger partial charge on any atom is -0.462 e. The molecule has 0 radical (unpaired) electrons. The van der Waals surface area contributed by atoms with Crippen LogP contribution in [0.1, 0.15) is 37.6 Å². The number of ether oxygens (including phenoxy) is 2. The van der Waals surface area contributed by atoms with Crippen LogP contribution in [0.3, 0.4) is 0 Å². The molecule has 0 aromatic heterocycles. The fourth-order valence-corrected chi connectivity index (χ4v) is 1.54. The number of hydrogen-bond donors (Lipinski definition) is 1. The second-order valence-electron chi connectivity index (χ2n) is 5.43. The van der Waals surface area contributed by atoms with Crippen LogP contribution in [-0.4, -0.2) is 30.8 Å². The predicted molar refractivity (Wildman–Crippen MR) is 80.6 cm³/mol. The normalized spacial score (nSPS) is 10.9. The van der Waals surface area contributed by atoms with Crippen molar-refractivity contribution in [2.75, 3.05) is 13.2 Å². The molecule has 0 unspecified atom stereocenters. The summed E-state index contributed by atoms with van der Waals surface area (Å²) in [6.07, 6.45) is 0.0324. The molecular formula is C15H20ClNO4. The first kappa shape index (κ1) is 17.3. The number of alkyl carbamates (subject to hydrolysis) is 1. The van der Waals surface area contributed by atoms with E-state index in [1.54, 1.807) is 45.0 Å². The number of carbonyl (C=O) groups is 2. The fourth-order valence-electron chi connectivity index (χ4n) is 1.41. The Labute approximate surface area is 129 Å². The molecule has 6 heteroatoms. The van der Waals surface area contributed by atoms with Crippen LogP contribution in [0.25, 0.3) is 0 Å². The fraction of sp³-hybridized carbons (Fsp3) is 0.467. The van der Waals surface area contributed by atoms with Crippen molar-refractivity contribution in [3.63, 3.8) is 0 Å². The summed E-state index contributed by atoms with van der Waals surface area (Å²) in [5, 5.41) is 3.15. The lowest BCUT2D eigenvalue weighted by molar-refractivity contribution is 0.0483. The summed E-state index contributed by atoms with van der Waals surface area (Å²) in [5.41, 5.74) is -0.0787. The van der Waals surface area contributed by atoms with Gasteiger partial charge in [0.25, 0.3) is 0 Å². The van der Waals surface area contributed by atoms with Gasteiger partial charge in [-0.1, -0.05) is 11.6 Å². The third kappa shape index (κ3) is 7.56. The Kier molecular flexibility index (Phi) is 6.49. The van der Waals surface area contributed by atoms with Gasteiger partial charge in [-0.15, -0.1) is 0 Å². The minimum absolute atomic E-state index is 0.220. The number of hydrogen-bond acceptors (Lipinski definition) is 4. The zero-order valence-electron chi connectivity index (χ0n) is 12.4. The van der Waals surface area contributed by atoms with Crippen LogP contribution in [0, 0.1) is 0 Å². The molecule has 1 aromatic rings. The molecular weight excluding hydrogens is 294 g/mol. The van der Waals surface area contributed by atoms with Crippen molar-refractivity contribution in [3.8, 4) is 0 Å². The molecule has 1 N–H and O–H groups in total. The zero-order valence-corrected chi connectivity index (χ0v) is 13.2. The highest BCUT2D eigenvalue weighted by atomic mass is 35.5. The van der Waals surface area contributed by atoms with Crippen molar-refractivity contribution < 1.29 is 19.1 Å². The van der Waals surface area contributed by atoms with Gasteiger partial charge in [-0.2, -0.15) is 0 Å². The molecule has 0 spiro atoms. The highest BCUT2D eigenvalue weighted by molar-refractivity contribution is 6.30. The number of amides is 1. The maximum Gasteiger partial charge on any atom is 0.407 e. The van der Waals surface area contributed by atoms with Crippen LogP contribution in [0.15, 0.2) is 24.3 Å². The number of halogens is 1. The summed E-state index contributed by atoms with van der Waals surface area (Å²) in [5.74, 6) is -0.413. The van der Waals surface area contributed by atoms with Crippen molar-refractivity contribution in [1.82, 2.24) is 5.32 Å². The zero-order chi connectivity index (χ0) is 15.9. The second kappa shape index (κ2) is 7.88. The van der Waals surface area contributed by atoms with Gasteiger partial charge in [0, 0.05) is 11.6 Å². The molecule has 1 rings (SSSR count). The van der Waals surface area contributed by atoms with Gasteiger partial charge in [-0.3, -0.25) is 0 Å². The highest BCUT2D eigenvalue weighted by Crippen LogP contribution is 2.10. The largest absolute Gasteiger partial charge is 0.462 e. The van der Waals surface area contributed by atoms with Crippen LogP contribution < -0.4 is 5.32 Å². The van der Waals surface area contributed by atoms with Crippen molar-refractivity contribution in [3.05, 3.63) is 34.9 Å². The van der Waals surface area contributed by atoms with Crippen LogP contribution in [-0.2, 0) is 9.47 Å². The lowest BCUT2D eigenvalue weighted by atomic mass is 10.2. The quantitative estimate of drug-likeness (QED) is 0.668. The van der Waals surface area contributed by atoms with Crippen LogP contribution in [0.5, 0.6) is 0 Å². The number of carbonyl (C=O) groups excluding carboxylic acids is 2. The monoisotopic (exact) mass is 313 g/mol. The maximum atomic E-state index is 11.7. The van der Waals surface area contributed by atoms with Crippen molar-refractivity contribution >= 4 is 23.7 Å². The van der Waals surface area contributed by atoms with E-state index in [0.29, 0.717) is 23.6 Å². The van der Waals surface area contributed by atoms with Gasteiger partial charge in [0.05, 0.1) is 12.2 Å². The Hall–Kier alpha value is -1.75. The molecule has 0 saturated carbocycles. The molecule has 5 nitrogen and oxygen atoms in total. The third-order valence-electron chi connectivity index (χ3n) is 2.30. The van der Waals surface area contributed by atoms with E-state index in [1.165, 1.54) is 0 Å². The standard InChI is InChI=1S/C15H20ClNO4/c1-15(2,3)21-14(19)17-9-4-10-20-13(18)11-5-7-12(16)8-6-11/h5-8H,4,9-10H2,1-3H3,(H,17,19). The van der Waals surface area contributed by atoms with Gasteiger partial charge in [0.1, 0.15) is 5.60 Å². The van der Waals surface area contributed by atoms with Gasteiger partial charge in [-0.05, 0) is 51.5 Å². The van der Waals surface area contributed by atoms with E-state index in [4.69, 9.17) is 21.1 Å². The van der Waals surface area contributed by atoms with Crippen molar-refractivity contribution in [2.45, 2.75) is 32.8 Å². The average molecular weight is 314 g/mol. The lowest BCUT2D eigenvalue weighted by Gasteiger charge is -2.19. The summed E-state index contributed by atoms with van der Waals surface area (Å²) < 4.78 is 10.2. The summed E-state index contributed by atoms with van der Waals surface area (Å²) in [7, 11) is 0. The topological polar surface area (TPSA) is 64.6 Å². The highest BCUT2D eigenvalue weighted by Gasteiger charge is 2.15. The van der Waals surface area contributed by atoms with Crippen LogP contribution in [0.4, 0.5) is 4.79 Å².